The van der Waals surface area contributed by atoms with Crippen molar-refractivity contribution in [3.63, 3.8) is 0 Å². The van der Waals surface area contributed by atoms with Crippen molar-refractivity contribution in [2.75, 3.05) is 26.3 Å². The van der Waals surface area contributed by atoms with Gasteiger partial charge in [0, 0.05) is 30.8 Å². The molecule has 5 nitrogen and oxygen atoms in total. The van der Waals surface area contributed by atoms with Crippen LogP contribution in [-0.2, 0) is 11.3 Å². The molecule has 1 heterocycles. The van der Waals surface area contributed by atoms with Gasteiger partial charge in [-0.3, -0.25) is 9.69 Å². The summed E-state index contributed by atoms with van der Waals surface area (Å²) < 4.78 is 5.40. The van der Waals surface area contributed by atoms with E-state index in [1.54, 1.807) is 6.21 Å². The molecule has 0 radical (unpaired) electrons. The minimum Gasteiger partial charge on any atom is -0.379 e. The van der Waals surface area contributed by atoms with E-state index in [4.69, 9.17) is 4.74 Å². The number of ether oxygens (including phenoxy) is 1. The largest absolute Gasteiger partial charge is 0.379 e. The number of hydrogen-bond donors (Lipinski definition) is 1. The lowest BCUT2D eigenvalue weighted by atomic mass is 9.97. The quantitative estimate of drug-likeness (QED) is 0.290. The highest BCUT2D eigenvalue weighted by atomic mass is 16.5. The van der Waals surface area contributed by atoms with Crippen molar-refractivity contribution in [2.45, 2.75) is 6.54 Å². The Kier molecular flexibility index (Phi) is 5.92. The molecule has 1 aliphatic rings. The highest BCUT2D eigenvalue weighted by Crippen LogP contribution is 2.27. The number of morpholine rings is 1. The molecule has 1 saturated heterocycles. The molecule has 1 amide bonds. The van der Waals surface area contributed by atoms with Crippen LogP contribution in [0.15, 0.2) is 84.0 Å². The second-order valence-electron chi connectivity index (χ2n) is 8.02. The number of amides is 1. The van der Waals surface area contributed by atoms with E-state index in [9.17, 15) is 4.79 Å². The molecule has 0 saturated carbocycles. The molecule has 0 unspecified atom stereocenters. The van der Waals surface area contributed by atoms with Crippen LogP contribution in [0, 0.1) is 0 Å². The summed E-state index contributed by atoms with van der Waals surface area (Å²) in [5.41, 5.74) is 5.46. The molecule has 160 valence electrons. The zero-order valence-electron chi connectivity index (χ0n) is 17.8. The number of carbonyl (C=O) groups is 1. The zero-order valence-corrected chi connectivity index (χ0v) is 17.8. The maximum Gasteiger partial charge on any atom is 0.271 e. The number of hydrazone groups is 1. The SMILES string of the molecule is O=C(N/N=C\c1c2ccccc2cc2ccccc12)c1ccc(CN2CCOCC2)cc1. The van der Waals surface area contributed by atoms with Gasteiger partial charge in [-0.15, -0.1) is 0 Å². The van der Waals surface area contributed by atoms with Gasteiger partial charge >= 0.3 is 0 Å². The molecule has 5 rings (SSSR count). The third kappa shape index (κ3) is 4.40. The number of carbonyl (C=O) groups excluding carboxylic acids is 1. The summed E-state index contributed by atoms with van der Waals surface area (Å²) >= 11 is 0. The monoisotopic (exact) mass is 423 g/mol. The molecule has 4 aromatic rings. The van der Waals surface area contributed by atoms with Crippen molar-refractivity contribution in [1.82, 2.24) is 10.3 Å². The van der Waals surface area contributed by atoms with Crippen molar-refractivity contribution < 1.29 is 9.53 Å². The lowest BCUT2D eigenvalue weighted by Crippen LogP contribution is -2.35. The molecule has 0 bridgehead atoms. The number of nitrogens with one attached hydrogen (secondary N) is 1. The Hall–Kier alpha value is -3.54. The first-order chi connectivity index (χ1) is 15.8. The normalized spacial score (nSPS) is 14.9. The van der Waals surface area contributed by atoms with Crippen molar-refractivity contribution in [3.8, 4) is 0 Å². The topological polar surface area (TPSA) is 53.9 Å². The van der Waals surface area contributed by atoms with Crippen LogP contribution in [0.5, 0.6) is 0 Å². The zero-order chi connectivity index (χ0) is 21.8. The van der Waals surface area contributed by atoms with Crippen molar-refractivity contribution in [1.29, 1.82) is 0 Å². The standard InChI is InChI=1S/C27H25N3O2/c31-27(21-11-9-20(10-12-21)19-30-13-15-32-16-14-30)29-28-18-26-24-7-3-1-5-22(24)17-23-6-2-4-8-25(23)26/h1-12,17-18H,13-16,19H2,(H,29,31)/b28-18-. The van der Waals surface area contributed by atoms with Crippen molar-refractivity contribution in [3.05, 3.63) is 95.6 Å². The van der Waals surface area contributed by atoms with Gasteiger partial charge in [-0.1, -0.05) is 60.7 Å². The minimum atomic E-state index is -0.219. The van der Waals surface area contributed by atoms with Crippen molar-refractivity contribution >= 4 is 33.7 Å². The van der Waals surface area contributed by atoms with Gasteiger partial charge in [-0.25, -0.2) is 5.43 Å². The summed E-state index contributed by atoms with van der Waals surface area (Å²) in [6.07, 6.45) is 1.75. The van der Waals surface area contributed by atoms with E-state index in [2.05, 4.69) is 45.8 Å². The molecule has 5 heteroatoms. The molecular weight excluding hydrogens is 398 g/mol. The fourth-order valence-corrected chi connectivity index (χ4v) is 4.19. The summed E-state index contributed by atoms with van der Waals surface area (Å²) in [6.45, 7) is 4.33. The molecule has 32 heavy (non-hydrogen) atoms. The van der Waals surface area contributed by atoms with E-state index in [1.807, 2.05) is 48.5 Å². The van der Waals surface area contributed by atoms with E-state index in [1.165, 1.54) is 5.56 Å². The number of benzene rings is 4. The Balaban J connectivity index is 1.31. The molecule has 1 fully saturated rings. The van der Waals surface area contributed by atoms with E-state index in [0.29, 0.717) is 5.56 Å². The number of nitrogens with zero attached hydrogens (tertiary/aromatic N) is 2. The molecule has 1 aliphatic heterocycles. The van der Waals surface area contributed by atoms with Crippen molar-refractivity contribution in [2.24, 2.45) is 5.10 Å². The summed E-state index contributed by atoms with van der Waals surface area (Å²) in [6, 6.07) is 26.4. The smallest absolute Gasteiger partial charge is 0.271 e. The van der Waals surface area contributed by atoms with Gasteiger partial charge in [0.2, 0.25) is 0 Å². The lowest BCUT2D eigenvalue weighted by Gasteiger charge is -2.26. The van der Waals surface area contributed by atoms with Crippen LogP contribution >= 0.6 is 0 Å². The van der Waals surface area contributed by atoms with Gasteiger partial charge in [-0.05, 0) is 45.3 Å². The van der Waals surface area contributed by atoms with Crippen LogP contribution in [0.4, 0.5) is 0 Å². The van der Waals surface area contributed by atoms with E-state index < -0.39 is 0 Å². The van der Waals surface area contributed by atoms with E-state index >= 15 is 0 Å². The number of hydrogen-bond acceptors (Lipinski definition) is 4. The van der Waals surface area contributed by atoms with Crippen LogP contribution in [0.25, 0.3) is 21.5 Å². The fourth-order valence-electron chi connectivity index (χ4n) is 4.19. The third-order valence-corrected chi connectivity index (χ3v) is 5.90. The number of rotatable bonds is 5. The molecule has 1 N–H and O–H groups in total. The Morgan fingerprint density at radius 2 is 1.53 bits per heavy atom. The van der Waals surface area contributed by atoms with Crippen LogP contribution < -0.4 is 5.43 Å². The minimum absolute atomic E-state index is 0.219. The summed E-state index contributed by atoms with van der Waals surface area (Å²) in [5.74, 6) is -0.219. The molecule has 0 spiro atoms. The Bertz CT molecular complexity index is 1220. The summed E-state index contributed by atoms with van der Waals surface area (Å²) in [7, 11) is 0. The van der Waals surface area contributed by atoms with Crippen LogP contribution in [-0.4, -0.2) is 43.3 Å². The Labute approximate surface area is 187 Å². The van der Waals surface area contributed by atoms with Gasteiger partial charge in [0.05, 0.1) is 19.4 Å². The molecule has 0 aliphatic carbocycles. The molecule has 0 atom stereocenters. The first-order valence-electron chi connectivity index (χ1n) is 10.9. The average Bonchev–Trinajstić information content (AvgIpc) is 2.84. The molecular formula is C27H25N3O2. The van der Waals surface area contributed by atoms with Gasteiger partial charge in [-0.2, -0.15) is 5.10 Å². The van der Waals surface area contributed by atoms with Crippen LogP contribution in [0.2, 0.25) is 0 Å². The van der Waals surface area contributed by atoms with Gasteiger partial charge < -0.3 is 4.74 Å². The highest BCUT2D eigenvalue weighted by Gasteiger charge is 2.11. The second-order valence-corrected chi connectivity index (χ2v) is 8.02. The summed E-state index contributed by atoms with van der Waals surface area (Å²) in [5, 5.41) is 8.80. The Morgan fingerprint density at radius 3 is 2.19 bits per heavy atom. The van der Waals surface area contributed by atoms with Crippen LogP contribution in [0.3, 0.4) is 0 Å². The first-order valence-corrected chi connectivity index (χ1v) is 10.9. The molecule has 4 aromatic carbocycles. The predicted molar refractivity (Wildman–Crippen MR) is 129 cm³/mol. The average molecular weight is 424 g/mol. The second kappa shape index (κ2) is 9.30. The van der Waals surface area contributed by atoms with E-state index in [0.717, 1.165) is 60.0 Å². The summed E-state index contributed by atoms with van der Waals surface area (Å²) in [4.78, 5) is 15.0. The van der Waals surface area contributed by atoms with Crippen LogP contribution in [0.1, 0.15) is 21.5 Å². The maximum absolute atomic E-state index is 12.6. The fraction of sp³-hybridized carbons (Fsp3) is 0.185. The van der Waals surface area contributed by atoms with Gasteiger partial charge in [0.1, 0.15) is 0 Å². The van der Waals surface area contributed by atoms with Gasteiger partial charge in [0.15, 0.2) is 0 Å². The highest BCUT2D eigenvalue weighted by molar-refractivity contribution is 6.13. The predicted octanol–water partition coefficient (Wildman–Crippen LogP) is 4.59. The first kappa shape index (κ1) is 20.4. The number of fused-ring (bicyclic) bond motifs is 2. The Morgan fingerprint density at radius 1 is 0.906 bits per heavy atom. The van der Waals surface area contributed by atoms with E-state index in [-0.39, 0.29) is 5.91 Å². The molecule has 0 aromatic heterocycles. The maximum atomic E-state index is 12.6. The third-order valence-electron chi connectivity index (χ3n) is 5.90. The lowest BCUT2D eigenvalue weighted by molar-refractivity contribution is 0.0342. The van der Waals surface area contributed by atoms with Gasteiger partial charge in [0.25, 0.3) is 5.91 Å².